The van der Waals surface area contributed by atoms with Gasteiger partial charge in [-0.3, -0.25) is 20.2 Å². The zero-order valence-electron chi connectivity index (χ0n) is 39.1. The number of benzene rings is 4. The summed E-state index contributed by atoms with van der Waals surface area (Å²) in [5, 5.41) is 8.30. The number of para-hydroxylation sites is 2. The number of esters is 2. The van der Waals surface area contributed by atoms with E-state index in [0.717, 1.165) is 40.5 Å². The van der Waals surface area contributed by atoms with Gasteiger partial charge >= 0.3 is 24.0 Å². The number of ether oxygens (including phenoxy) is 3. The number of hydrogen-bond donors (Lipinski definition) is 5. The fourth-order valence-corrected chi connectivity index (χ4v) is 11.7. The SMILES string of the molecule is COc1ccccc1C(=O)c1cc(C)ccc1NC(=O)Nc1ncc(S(=O)(=O)c2nc(C(=O)OC(=O)c3cn(C)c(S(=O)(=O)c4cnc(NC(=O)Nc5ccc(C)cc5C(=O)c5ccccc5OC)s4)n3)c[nH]2)s1. The third kappa shape index (κ3) is 10.8. The lowest BCUT2D eigenvalue weighted by molar-refractivity contribution is 0.0389. The number of sulfone groups is 2. The van der Waals surface area contributed by atoms with Crippen molar-refractivity contribution in [2.45, 2.75) is 32.6 Å². The van der Waals surface area contributed by atoms with Crippen molar-refractivity contribution >= 4 is 99.6 Å². The van der Waals surface area contributed by atoms with Crippen molar-refractivity contribution in [2.24, 2.45) is 7.05 Å². The van der Waals surface area contributed by atoms with Gasteiger partial charge in [0.2, 0.25) is 10.3 Å². The third-order valence-electron chi connectivity index (χ3n) is 10.5. The first-order chi connectivity index (χ1) is 35.3. The van der Waals surface area contributed by atoms with E-state index in [1.165, 1.54) is 33.4 Å². The zero-order valence-corrected chi connectivity index (χ0v) is 42.3. The Morgan fingerprint density at radius 2 is 1.07 bits per heavy atom. The number of nitrogens with one attached hydrogen (secondary N) is 5. The lowest BCUT2D eigenvalue weighted by Crippen LogP contribution is -2.21. The predicted octanol–water partition coefficient (Wildman–Crippen LogP) is 7.10. The molecular formula is C47H38N10O13S4. The predicted molar refractivity (Wildman–Crippen MR) is 267 cm³/mol. The smallest absolute Gasteiger partial charge is 0.366 e. The average Bonchev–Trinajstić information content (AvgIpc) is 4.23. The van der Waals surface area contributed by atoms with E-state index in [2.05, 4.69) is 46.2 Å². The van der Waals surface area contributed by atoms with E-state index in [1.54, 1.807) is 86.6 Å². The molecule has 23 nitrogen and oxygen atoms in total. The van der Waals surface area contributed by atoms with E-state index in [9.17, 15) is 45.6 Å². The lowest BCUT2D eigenvalue weighted by atomic mass is 9.99. The van der Waals surface area contributed by atoms with Gasteiger partial charge in [0.15, 0.2) is 33.2 Å². The fourth-order valence-electron chi connectivity index (χ4n) is 6.97. The number of anilines is 4. The Labute approximate surface area is 427 Å². The molecule has 74 heavy (non-hydrogen) atoms. The number of methoxy groups -OCH3 is 2. The van der Waals surface area contributed by atoms with Gasteiger partial charge in [0, 0.05) is 30.6 Å². The molecule has 8 rings (SSSR count). The summed E-state index contributed by atoms with van der Waals surface area (Å²) in [4.78, 5) is 97.3. The highest BCUT2D eigenvalue weighted by molar-refractivity contribution is 7.93. The molecule has 8 aromatic rings. The van der Waals surface area contributed by atoms with Crippen LogP contribution in [0, 0.1) is 13.8 Å². The van der Waals surface area contributed by atoms with Gasteiger partial charge in [0.1, 0.15) is 19.9 Å². The van der Waals surface area contributed by atoms with E-state index in [1.807, 2.05) is 0 Å². The topological polar surface area (TPSA) is 319 Å². The number of ketones is 2. The normalized spacial score (nSPS) is 11.3. The third-order valence-corrected chi connectivity index (χ3v) is 16.5. The van der Waals surface area contributed by atoms with Crippen molar-refractivity contribution in [3.8, 4) is 11.5 Å². The monoisotopic (exact) mass is 1080 g/mol. The van der Waals surface area contributed by atoms with Gasteiger partial charge in [-0.1, -0.05) is 70.2 Å². The zero-order chi connectivity index (χ0) is 53.1. The van der Waals surface area contributed by atoms with Crippen LogP contribution in [0.1, 0.15) is 63.9 Å². The van der Waals surface area contributed by atoms with E-state index >= 15 is 0 Å². The number of urea groups is 2. The molecule has 0 spiro atoms. The summed E-state index contributed by atoms with van der Waals surface area (Å²) in [5.74, 6) is -3.03. The maximum Gasteiger partial charge on any atom is 0.366 e. The summed E-state index contributed by atoms with van der Waals surface area (Å²) in [6.45, 7) is 3.54. The van der Waals surface area contributed by atoms with Crippen molar-refractivity contribution in [2.75, 3.05) is 35.5 Å². The number of aromatic nitrogens is 6. The molecular weight excluding hydrogens is 1040 g/mol. The van der Waals surface area contributed by atoms with Crippen LogP contribution in [0.4, 0.5) is 31.2 Å². The minimum atomic E-state index is -4.52. The van der Waals surface area contributed by atoms with Gasteiger partial charge in [-0.25, -0.2) is 55.9 Å². The molecule has 0 aliphatic rings. The first kappa shape index (κ1) is 51.4. The summed E-state index contributed by atoms with van der Waals surface area (Å²) >= 11 is 1.10. The number of aromatic amines is 1. The Balaban J connectivity index is 0.884. The Morgan fingerprint density at radius 1 is 0.595 bits per heavy atom. The largest absolute Gasteiger partial charge is 0.496 e. The van der Waals surface area contributed by atoms with E-state index in [0.29, 0.717) is 34.2 Å². The van der Waals surface area contributed by atoms with Gasteiger partial charge in [-0.2, -0.15) is 0 Å². The number of nitrogens with zero attached hydrogens (tertiary/aromatic N) is 5. The number of rotatable bonds is 16. The standard InChI is InChI=1S/C47H38N10O13S4/c1-24-14-16-30(28(18-24)38(58)26-10-6-8-12-34(26)68-4)51-42(62)55-44-48-21-36(71-44)73(64,65)46-50-20-32(53-46)40(60)70-41(61)33-23-57(3)47(54-33)74(66,67)37-22-49-45(72-37)56-43(63)52-31-17-15-25(2)19-29(31)39(59)27-11-7-9-13-35(27)69-5/h6-23H,1-5H3,(H,50,53)(H2,48,51,55,62)(H2,49,52,56,63). The summed E-state index contributed by atoms with van der Waals surface area (Å²) in [6.07, 6.45) is 3.72. The fraction of sp³-hybridized carbons (Fsp3) is 0.106. The van der Waals surface area contributed by atoms with Crippen molar-refractivity contribution in [3.05, 3.63) is 154 Å². The molecule has 27 heteroatoms. The molecule has 4 heterocycles. The van der Waals surface area contributed by atoms with Crippen molar-refractivity contribution < 1.29 is 59.8 Å². The first-order valence-corrected chi connectivity index (χ1v) is 25.9. The second kappa shape index (κ2) is 21.0. The van der Waals surface area contributed by atoms with Gasteiger partial charge in [-0.05, 0) is 62.4 Å². The van der Waals surface area contributed by atoms with Gasteiger partial charge in [-0.15, -0.1) is 0 Å². The molecule has 0 unspecified atom stereocenters. The van der Waals surface area contributed by atoms with Gasteiger partial charge < -0.3 is 34.4 Å². The van der Waals surface area contributed by atoms with Crippen LogP contribution < -0.4 is 30.7 Å². The number of amides is 4. The van der Waals surface area contributed by atoms with E-state index in [-0.39, 0.29) is 43.9 Å². The molecule has 4 aromatic carbocycles. The maximum absolute atomic E-state index is 13.7. The van der Waals surface area contributed by atoms with Gasteiger partial charge in [0.25, 0.3) is 19.7 Å². The molecule has 4 amide bonds. The number of aryl methyl sites for hydroxylation is 3. The van der Waals surface area contributed by atoms with Crippen LogP contribution in [0.15, 0.2) is 128 Å². The van der Waals surface area contributed by atoms with Crippen LogP contribution in [0.25, 0.3) is 0 Å². The Hall–Kier alpha value is -8.92. The number of imidazole rings is 2. The van der Waals surface area contributed by atoms with Crippen molar-refractivity contribution in [1.29, 1.82) is 0 Å². The molecule has 0 saturated carbocycles. The van der Waals surface area contributed by atoms with Gasteiger partial charge in [0.05, 0.1) is 49.1 Å². The van der Waals surface area contributed by atoms with Crippen molar-refractivity contribution in [1.82, 2.24) is 29.5 Å². The van der Waals surface area contributed by atoms with E-state index < -0.39 is 85.4 Å². The molecule has 0 aliphatic carbocycles. The molecule has 0 aliphatic heterocycles. The number of hydrogen-bond acceptors (Lipinski definition) is 19. The summed E-state index contributed by atoms with van der Waals surface area (Å²) in [6, 6.07) is 21.1. The highest BCUT2D eigenvalue weighted by Crippen LogP contribution is 2.32. The van der Waals surface area contributed by atoms with Crippen LogP contribution in [0.3, 0.4) is 0 Å². The van der Waals surface area contributed by atoms with Crippen LogP contribution in [-0.2, 0) is 31.5 Å². The molecule has 0 fully saturated rings. The summed E-state index contributed by atoms with van der Waals surface area (Å²) in [5.41, 5.74) is 1.34. The molecule has 0 radical (unpaired) electrons. The summed E-state index contributed by atoms with van der Waals surface area (Å²) < 4.78 is 70.1. The molecule has 0 saturated heterocycles. The molecule has 0 atom stereocenters. The number of H-pyrrole nitrogens is 1. The minimum absolute atomic E-state index is 0.148. The number of carbonyl (C=O) groups is 6. The first-order valence-electron chi connectivity index (χ1n) is 21.3. The summed E-state index contributed by atoms with van der Waals surface area (Å²) in [7, 11) is -4.93. The molecule has 5 N–H and O–H groups in total. The molecule has 4 aromatic heterocycles. The highest BCUT2D eigenvalue weighted by atomic mass is 32.2. The Morgan fingerprint density at radius 3 is 1.57 bits per heavy atom. The van der Waals surface area contributed by atoms with Crippen LogP contribution >= 0.6 is 22.7 Å². The quantitative estimate of drug-likeness (QED) is 0.0366. The molecule has 378 valence electrons. The average molecular weight is 1080 g/mol. The Bertz CT molecular complexity index is 3810. The van der Waals surface area contributed by atoms with Crippen LogP contribution in [-0.4, -0.2) is 96.1 Å². The van der Waals surface area contributed by atoms with Crippen molar-refractivity contribution in [3.63, 3.8) is 0 Å². The number of carbonyl (C=O) groups excluding carboxylic acids is 6. The second-order valence-electron chi connectivity index (χ2n) is 15.6. The van der Waals surface area contributed by atoms with E-state index in [4.69, 9.17) is 14.2 Å². The van der Waals surface area contributed by atoms with Crippen LogP contribution in [0.5, 0.6) is 11.5 Å². The Kier molecular flexibility index (Phi) is 14.6. The lowest BCUT2D eigenvalue weighted by Gasteiger charge is -2.13. The highest BCUT2D eigenvalue weighted by Gasteiger charge is 2.32. The maximum atomic E-state index is 13.7. The molecule has 0 bridgehead atoms. The minimum Gasteiger partial charge on any atom is -0.496 e. The second-order valence-corrected chi connectivity index (χ2v) is 21.8. The number of thiazole rings is 2. The van der Waals surface area contributed by atoms with Crippen LogP contribution in [0.2, 0.25) is 0 Å².